The molecular weight excluding hydrogens is 321 g/mol. The van der Waals surface area contributed by atoms with E-state index < -0.39 is 0 Å². The standard InChI is InChI=1S/C20H22FNO3/c21-18-5-1-15(2-6-18)11-17-9-10-22(12-17)20(24)14-25-19-7-3-16(13-23)4-8-19/h1-8,17,23H,9-14H2. The van der Waals surface area contributed by atoms with E-state index in [0.717, 1.165) is 30.5 Å². The fourth-order valence-electron chi connectivity index (χ4n) is 3.11. The van der Waals surface area contributed by atoms with Gasteiger partial charge in [-0.3, -0.25) is 4.79 Å². The maximum Gasteiger partial charge on any atom is 0.260 e. The normalized spacial score (nSPS) is 16.9. The molecule has 1 aliphatic rings. The fraction of sp³-hybridized carbons (Fsp3) is 0.350. The second kappa shape index (κ2) is 8.12. The Morgan fingerprint density at radius 1 is 1.12 bits per heavy atom. The second-order valence-electron chi connectivity index (χ2n) is 6.42. The molecule has 0 aromatic heterocycles. The van der Waals surface area contributed by atoms with Crippen LogP contribution in [0.5, 0.6) is 5.75 Å². The van der Waals surface area contributed by atoms with Crippen molar-refractivity contribution in [3.05, 3.63) is 65.5 Å². The molecule has 1 saturated heterocycles. The molecule has 3 rings (SSSR count). The van der Waals surface area contributed by atoms with Crippen LogP contribution in [0.3, 0.4) is 0 Å². The van der Waals surface area contributed by atoms with Crippen LogP contribution in [0.4, 0.5) is 4.39 Å². The zero-order chi connectivity index (χ0) is 17.6. The van der Waals surface area contributed by atoms with Gasteiger partial charge in [0, 0.05) is 13.1 Å². The summed E-state index contributed by atoms with van der Waals surface area (Å²) in [5.74, 6) is 0.773. The van der Waals surface area contributed by atoms with Crippen molar-refractivity contribution in [2.75, 3.05) is 19.7 Å². The molecule has 0 bridgehead atoms. The molecule has 1 fully saturated rings. The average Bonchev–Trinajstić information content (AvgIpc) is 3.10. The molecule has 1 amide bonds. The van der Waals surface area contributed by atoms with Crippen molar-refractivity contribution in [1.29, 1.82) is 0 Å². The summed E-state index contributed by atoms with van der Waals surface area (Å²) in [6.45, 7) is 1.45. The van der Waals surface area contributed by atoms with Crippen LogP contribution in [0.25, 0.3) is 0 Å². The number of carbonyl (C=O) groups excluding carboxylic acids is 1. The van der Waals surface area contributed by atoms with Crippen molar-refractivity contribution in [3.63, 3.8) is 0 Å². The number of amides is 1. The van der Waals surface area contributed by atoms with E-state index in [2.05, 4.69) is 0 Å². The van der Waals surface area contributed by atoms with Gasteiger partial charge in [-0.2, -0.15) is 0 Å². The predicted molar refractivity (Wildman–Crippen MR) is 92.7 cm³/mol. The van der Waals surface area contributed by atoms with Crippen molar-refractivity contribution in [1.82, 2.24) is 4.90 Å². The van der Waals surface area contributed by atoms with Gasteiger partial charge in [-0.15, -0.1) is 0 Å². The van der Waals surface area contributed by atoms with Crippen LogP contribution in [0.15, 0.2) is 48.5 Å². The van der Waals surface area contributed by atoms with Crippen molar-refractivity contribution in [2.24, 2.45) is 5.92 Å². The van der Waals surface area contributed by atoms with E-state index in [1.54, 1.807) is 36.4 Å². The lowest BCUT2D eigenvalue weighted by Crippen LogP contribution is -2.33. The molecule has 25 heavy (non-hydrogen) atoms. The Labute approximate surface area is 146 Å². The molecule has 1 unspecified atom stereocenters. The van der Waals surface area contributed by atoms with Gasteiger partial charge in [0.15, 0.2) is 6.61 Å². The Balaban J connectivity index is 1.46. The topological polar surface area (TPSA) is 49.8 Å². The summed E-state index contributed by atoms with van der Waals surface area (Å²) in [4.78, 5) is 14.1. The highest BCUT2D eigenvalue weighted by Crippen LogP contribution is 2.21. The molecule has 2 aromatic rings. The average molecular weight is 343 g/mol. The molecule has 0 aliphatic carbocycles. The molecule has 1 atom stereocenters. The van der Waals surface area contributed by atoms with E-state index in [4.69, 9.17) is 9.84 Å². The van der Waals surface area contributed by atoms with Gasteiger partial charge >= 0.3 is 0 Å². The van der Waals surface area contributed by atoms with Gasteiger partial charge in [-0.05, 0) is 54.2 Å². The SMILES string of the molecule is O=C(COc1ccc(CO)cc1)N1CCC(Cc2ccc(F)cc2)C1. The van der Waals surface area contributed by atoms with E-state index in [0.29, 0.717) is 18.2 Å². The number of likely N-dealkylation sites (tertiary alicyclic amines) is 1. The molecule has 2 aromatic carbocycles. The highest BCUT2D eigenvalue weighted by Gasteiger charge is 2.26. The number of benzene rings is 2. The summed E-state index contributed by atoms with van der Waals surface area (Å²) in [6, 6.07) is 13.6. The molecule has 0 radical (unpaired) electrons. The van der Waals surface area contributed by atoms with E-state index in [1.807, 2.05) is 4.90 Å². The lowest BCUT2D eigenvalue weighted by Gasteiger charge is -2.17. The van der Waals surface area contributed by atoms with Gasteiger partial charge in [0.1, 0.15) is 11.6 Å². The van der Waals surface area contributed by atoms with Crippen molar-refractivity contribution in [2.45, 2.75) is 19.4 Å². The Morgan fingerprint density at radius 2 is 1.80 bits per heavy atom. The molecule has 4 nitrogen and oxygen atoms in total. The number of carbonyl (C=O) groups is 1. The van der Waals surface area contributed by atoms with Crippen LogP contribution in [-0.2, 0) is 17.8 Å². The van der Waals surface area contributed by atoms with E-state index in [1.165, 1.54) is 12.1 Å². The smallest absolute Gasteiger partial charge is 0.260 e. The lowest BCUT2D eigenvalue weighted by molar-refractivity contribution is -0.132. The van der Waals surface area contributed by atoms with Gasteiger partial charge in [0.05, 0.1) is 6.61 Å². The quantitative estimate of drug-likeness (QED) is 0.877. The van der Waals surface area contributed by atoms with Crippen molar-refractivity contribution < 1.29 is 19.0 Å². The van der Waals surface area contributed by atoms with E-state index >= 15 is 0 Å². The maximum atomic E-state index is 13.0. The van der Waals surface area contributed by atoms with Gasteiger partial charge < -0.3 is 14.7 Å². The number of aliphatic hydroxyl groups is 1. The first-order valence-electron chi connectivity index (χ1n) is 8.49. The van der Waals surface area contributed by atoms with Crippen LogP contribution in [0.2, 0.25) is 0 Å². The van der Waals surface area contributed by atoms with E-state index in [-0.39, 0.29) is 24.9 Å². The predicted octanol–water partition coefficient (Wildman–Crippen LogP) is 2.79. The third-order valence-corrected chi connectivity index (χ3v) is 4.54. The summed E-state index contributed by atoms with van der Waals surface area (Å²) in [7, 11) is 0. The minimum atomic E-state index is -0.226. The summed E-state index contributed by atoms with van der Waals surface area (Å²) in [5, 5.41) is 9.01. The molecule has 1 heterocycles. The van der Waals surface area contributed by atoms with Crippen molar-refractivity contribution >= 4 is 5.91 Å². The highest BCUT2D eigenvalue weighted by atomic mass is 19.1. The second-order valence-corrected chi connectivity index (χ2v) is 6.42. The van der Waals surface area contributed by atoms with Crippen LogP contribution >= 0.6 is 0 Å². The van der Waals surface area contributed by atoms with Crippen LogP contribution in [-0.4, -0.2) is 35.6 Å². The molecule has 0 spiro atoms. The molecule has 5 heteroatoms. The Hall–Kier alpha value is -2.40. The zero-order valence-electron chi connectivity index (χ0n) is 14.0. The summed E-state index contributed by atoms with van der Waals surface area (Å²) in [5.41, 5.74) is 1.91. The number of halogens is 1. The number of rotatable bonds is 6. The Morgan fingerprint density at radius 3 is 2.48 bits per heavy atom. The molecule has 1 N–H and O–H groups in total. The number of ether oxygens (including phenoxy) is 1. The first-order valence-corrected chi connectivity index (χ1v) is 8.49. The molecular formula is C20H22FNO3. The third kappa shape index (κ3) is 4.79. The third-order valence-electron chi connectivity index (χ3n) is 4.54. The van der Waals surface area contributed by atoms with E-state index in [9.17, 15) is 9.18 Å². The zero-order valence-corrected chi connectivity index (χ0v) is 14.0. The van der Waals surface area contributed by atoms with Gasteiger partial charge in [0.2, 0.25) is 0 Å². The first-order chi connectivity index (χ1) is 12.1. The van der Waals surface area contributed by atoms with Gasteiger partial charge in [0.25, 0.3) is 5.91 Å². The minimum absolute atomic E-state index is 0.0115. The van der Waals surface area contributed by atoms with Crippen LogP contribution < -0.4 is 4.74 Å². The fourth-order valence-corrected chi connectivity index (χ4v) is 3.11. The van der Waals surface area contributed by atoms with Gasteiger partial charge in [-0.1, -0.05) is 24.3 Å². The number of hydrogen-bond acceptors (Lipinski definition) is 3. The Kier molecular flexibility index (Phi) is 5.66. The highest BCUT2D eigenvalue weighted by molar-refractivity contribution is 5.78. The van der Waals surface area contributed by atoms with Crippen molar-refractivity contribution in [3.8, 4) is 5.75 Å². The largest absolute Gasteiger partial charge is 0.484 e. The summed E-state index contributed by atoms with van der Waals surface area (Å²) in [6.07, 6.45) is 1.81. The first kappa shape index (κ1) is 17.4. The van der Waals surface area contributed by atoms with Crippen LogP contribution in [0.1, 0.15) is 17.5 Å². The molecule has 1 aliphatic heterocycles. The van der Waals surface area contributed by atoms with Crippen LogP contribution in [0, 0.1) is 11.7 Å². The number of aliphatic hydroxyl groups excluding tert-OH is 1. The number of hydrogen-bond donors (Lipinski definition) is 1. The summed E-state index contributed by atoms with van der Waals surface area (Å²) >= 11 is 0. The lowest BCUT2D eigenvalue weighted by atomic mass is 9.99. The van der Waals surface area contributed by atoms with Gasteiger partial charge in [-0.25, -0.2) is 4.39 Å². The maximum absolute atomic E-state index is 13.0. The Bertz CT molecular complexity index is 700. The molecule has 0 saturated carbocycles. The monoisotopic (exact) mass is 343 g/mol. The summed E-state index contributed by atoms with van der Waals surface area (Å²) < 4.78 is 18.5. The molecule has 132 valence electrons. The number of nitrogens with zero attached hydrogens (tertiary/aromatic N) is 1. The minimum Gasteiger partial charge on any atom is -0.484 e.